The fourth-order valence-corrected chi connectivity index (χ4v) is 1.46. The first-order valence-electron chi connectivity index (χ1n) is 4.48. The van der Waals surface area contributed by atoms with Crippen molar-refractivity contribution in [3.8, 4) is 0 Å². The maximum Gasteiger partial charge on any atom is 0.242 e. The minimum atomic E-state index is -0.649. The molecule has 78 valence electrons. The highest BCUT2D eigenvalue weighted by atomic mass is 35.5. The Morgan fingerprint density at radius 2 is 2.43 bits per heavy atom. The highest BCUT2D eigenvalue weighted by Gasteiger charge is 2.20. The summed E-state index contributed by atoms with van der Waals surface area (Å²) in [5.74, 6) is -0.176. The lowest BCUT2D eigenvalue weighted by Crippen LogP contribution is -2.26. The van der Waals surface area contributed by atoms with Crippen LogP contribution in [-0.2, 0) is 11.8 Å². The molecule has 0 bridgehead atoms. The van der Waals surface area contributed by atoms with Crippen LogP contribution < -0.4 is 5.32 Å². The smallest absolute Gasteiger partial charge is 0.242 e. The number of likely N-dealkylation sites (N-methyl/N-ethyl adjacent to an activating group) is 1. The van der Waals surface area contributed by atoms with Gasteiger partial charge in [0.05, 0.1) is 6.20 Å². The van der Waals surface area contributed by atoms with Crippen LogP contribution in [0, 0.1) is 6.92 Å². The fourth-order valence-electron chi connectivity index (χ4n) is 1.17. The maximum atomic E-state index is 11.4. The summed E-state index contributed by atoms with van der Waals surface area (Å²) in [6, 6.07) is 0. The Hall–Kier alpha value is -1.03. The summed E-state index contributed by atoms with van der Waals surface area (Å²) in [6.07, 6.45) is 1.63. The zero-order chi connectivity index (χ0) is 10.7. The first-order valence-corrected chi connectivity index (χ1v) is 4.91. The lowest BCUT2D eigenvalue weighted by atomic mass is 10.2. The van der Waals surface area contributed by atoms with Crippen LogP contribution in [0.3, 0.4) is 0 Å². The summed E-state index contributed by atoms with van der Waals surface area (Å²) in [5.41, 5.74) is 1.68. The lowest BCUT2D eigenvalue weighted by Gasteiger charge is -2.08. The van der Waals surface area contributed by atoms with E-state index >= 15 is 0 Å². The van der Waals surface area contributed by atoms with Gasteiger partial charge < -0.3 is 5.32 Å². The van der Waals surface area contributed by atoms with Crippen molar-refractivity contribution >= 4 is 17.5 Å². The lowest BCUT2D eigenvalue weighted by molar-refractivity contribution is -0.120. The van der Waals surface area contributed by atoms with E-state index in [-0.39, 0.29) is 5.91 Å². The maximum absolute atomic E-state index is 11.4. The number of nitrogens with one attached hydrogen (secondary N) is 1. The minimum absolute atomic E-state index is 0.176. The van der Waals surface area contributed by atoms with Crippen LogP contribution in [0.15, 0.2) is 6.20 Å². The van der Waals surface area contributed by atoms with Gasteiger partial charge in [-0.05, 0) is 13.8 Å². The van der Waals surface area contributed by atoms with Crippen molar-refractivity contribution in [2.45, 2.75) is 19.2 Å². The van der Waals surface area contributed by atoms with E-state index in [9.17, 15) is 4.79 Å². The molecule has 1 rings (SSSR count). The Balaban J connectivity index is 2.83. The number of hydrogen-bond acceptors (Lipinski definition) is 2. The van der Waals surface area contributed by atoms with Crippen LogP contribution in [0.1, 0.15) is 23.6 Å². The molecule has 0 aliphatic carbocycles. The average Bonchev–Trinajstić information content (AvgIpc) is 2.47. The Kier molecular flexibility index (Phi) is 3.52. The van der Waals surface area contributed by atoms with Gasteiger partial charge in [0, 0.05) is 24.8 Å². The van der Waals surface area contributed by atoms with Gasteiger partial charge in [0.1, 0.15) is 5.38 Å². The number of alkyl halides is 1. The second-order valence-electron chi connectivity index (χ2n) is 3.07. The monoisotopic (exact) mass is 215 g/mol. The molecule has 1 aromatic rings. The molecule has 0 spiro atoms. The molecule has 1 atom stereocenters. The molecule has 0 saturated carbocycles. The Bertz CT molecular complexity index is 335. The van der Waals surface area contributed by atoms with Crippen molar-refractivity contribution in [3.05, 3.63) is 17.5 Å². The third kappa shape index (κ3) is 2.07. The number of hydrogen-bond donors (Lipinski definition) is 1. The summed E-state index contributed by atoms with van der Waals surface area (Å²) in [5, 5.41) is 6.05. The van der Waals surface area contributed by atoms with Crippen LogP contribution in [0.25, 0.3) is 0 Å². The normalized spacial score (nSPS) is 12.6. The van der Waals surface area contributed by atoms with E-state index in [4.69, 9.17) is 11.6 Å². The molecule has 0 fully saturated rings. The van der Waals surface area contributed by atoms with Crippen molar-refractivity contribution < 1.29 is 4.79 Å². The Morgan fingerprint density at radius 1 is 1.79 bits per heavy atom. The van der Waals surface area contributed by atoms with Gasteiger partial charge in [-0.25, -0.2) is 0 Å². The van der Waals surface area contributed by atoms with Gasteiger partial charge in [-0.1, -0.05) is 0 Å². The van der Waals surface area contributed by atoms with E-state index in [1.165, 1.54) is 0 Å². The van der Waals surface area contributed by atoms with Gasteiger partial charge in [-0.2, -0.15) is 5.10 Å². The number of carbonyl (C=O) groups is 1. The molecule has 0 radical (unpaired) electrons. The van der Waals surface area contributed by atoms with E-state index in [2.05, 4.69) is 10.4 Å². The van der Waals surface area contributed by atoms with Crippen LogP contribution in [0.5, 0.6) is 0 Å². The Morgan fingerprint density at radius 3 is 2.86 bits per heavy atom. The SMILES string of the molecule is CCNC(=O)C(Cl)c1cnn(C)c1C. The predicted molar refractivity (Wildman–Crippen MR) is 55.2 cm³/mol. The van der Waals surface area contributed by atoms with E-state index < -0.39 is 5.38 Å². The van der Waals surface area contributed by atoms with Gasteiger partial charge in [0.15, 0.2) is 0 Å². The van der Waals surface area contributed by atoms with E-state index in [1.54, 1.807) is 10.9 Å². The zero-order valence-corrected chi connectivity index (χ0v) is 9.30. The minimum Gasteiger partial charge on any atom is -0.355 e. The average molecular weight is 216 g/mol. The standard InChI is InChI=1S/C9H14ClN3O/c1-4-11-9(14)8(10)7-5-12-13(3)6(7)2/h5,8H,4H2,1-3H3,(H,11,14). The molecular weight excluding hydrogens is 202 g/mol. The molecule has 1 amide bonds. The summed E-state index contributed by atoms with van der Waals surface area (Å²) < 4.78 is 1.70. The number of rotatable bonds is 3. The highest BCUT2D eigenvalue weighted by Crippen LogP contribution is 2.22. The number of carbonyl (C=O) groups excluding carboxylic acids is 1. The summed E-state index contributed by atoms with van der Waals surface area (Å²) in [4.78, 5) is 11.4. The quantitative estimate of drug-likeness (QED) is 0.769. The van der Waals surface area contributed by atoms with Gasteiger partial charge in [0.25, 0.3) is 0 Å². The highest BCUT2D eigenvalue weighted by molar-refractivity contribution is 6.30. The van der Waals surface area contributed by atoms with E-state index in [0.717, 1.165) is 11.3 Å². The van der Waals surface area contributed by atoms with E-state index in [1.807, 2.05) is 20.9 Å². The topological polar surface area (TPSA) is 46.9 Å². The first kappa shape index (κ1) is 11.0. The van der Waals surface area contributed by atoms with Gasteiger partial charge in [-0.15, -0.1) is 11.6 Å². The molecule has 1 heterocycles. The van der Waals surface area contributed by atoms with Crippen LogP contribution in [0.2, 0.25) is 0 Å². The number of halogens is 1. The predicted octanol–water partition coefficient (Wildman–Crippen LogP) is 1.14. The van der Waals surface area contributed by atoms with Crippen LogP contribution in [0.4, 0.5) is 0 Å². The van der Waals surface area contributed by atoms with Crippen molar-refractivity contribution in [1.82, 2.24) is 15.1 Å². The van der Waals surface area contributed by atoms with E-state index in [0.29, 0.717) is 6.54 Å². The number of aromatic nitrogens is 2. The zero-order valence-electron chi connectivity index (χ0n) is 8.54. The van der Waals surface area contributed by atoms with Crippen LogP contribution >= 0.6 is 11.6 Å². The molecule has 4 nitrogen and oxygen atoms in total. The van der Waals surface area contributed by atoms with Crippen LogP contribution in [-0.4, -0.2) is 22.2 Å². The molecule has 1 N–H and O–H groups in total. The Labute approximate surface area is 88.2 Å². The van der Waals surface area contributed by atoms with Crippen molar-refractivity contribution in [1.29, 1.82) is 0 Å². The summed E-state index contributed by atoms with van der Waals surface area (Å²) >= 11 is 5.99. The van der Waals surface area contributed by atoms with Crippen molar-refractivity contribution in [2.75, 3.05) is 6.54 Å². The number of amides is 1. The van der Waals surface area contributed by atoms with Gasteiger partial charge >= 0.3 is 0 Å². The molecule has 1 unspecified atom stereocenters. The fraction of sp³-hybridized carbons (Fsp3) is 0.556. The van der Waals surface area contributed by atoms with Crippen molar-refractivity contribution in [3.63, 3.8) is 0 Å². The van der Waals surface area contributed by atoms with Crippen molar-refractivity contribution in [2.24, 2.45) is 7.05 Å². The summed E-state index contributed by atoms with van der Waals surface area (Å²) in [7, 11) is 1.82. The number of aryl methyl sites for hydroxylation is 1. The van der Waals surface area contributed by atoms with Gasteiger partial charge in [-0.3, -0.25) is 9.48 Å². The molecule has 14 heavy (non-hydrogen) atoms. The molecule has 0 aliphatic rings. The third-order valence-electron chi connectivity index (χ3n) is 2.13. The molecule has 5 heteroatoms. The molecule has 0 aliphatic heterocycles. The summed E-state index contributed by atoms with van der Waals surface area (Å²) in [6.45, 7) is 4.33. The first-order chi connectivity index (χ1) is 6.57. The number of nitrogens with zero attached hydrogens (tertiary/aromatic N) is 2. The molecule has 0 aromatic carbocycles. The molecule has 0 saturated heterocycles. The second kappa shape index (κ2) is 4.46. The second-order valence-corrected chi connectivity index (χ2v) is 3.50. The molecule has 1 aromatic heterocycles. The van der Waals surface area contributed by atoms with Gasteiger partial charge in [0.2, 0.25) is 5.91 Å². The molecular formula is C9H14ClN3O. The third-order valence-corrected chi connectivity index (χ3v) is 2.56. The largest absolute Gasteiger partial charge is 0.355 e.